The minimum Gasteiger partial charge on any atom is -0.364 e. The number of hydrogen-bond acceptors (Lipinski definition) is 3. The highest BCUT2D eigenvalue weighted by molar-refractivity contribution is 5.90. The van der Waals surface area contributed by atoms with Gasteiger partial charge in [0.2, 0.25) is 0 Å². The van der Waals surface area contributed by atoms with E-state index in [2.05, 4.69) is 4.98 Å². The molecule has 1 aromatic heterocycles. The summed E-state index contributed by atoms with van der Waals surface area (Å²) in [7, 11) is 0. The zero-order chi connectivity index (χ0) is 10.8. The van der Waals surface area contributed by atoms with Crippen molar-refractivity contribution in [1.82, 2.24) is 9.66 Å². The van der Waals surface area contributed by atoms with Crippen LogP contribution in [0.5, 0.6) is 0 Å². The molecule has 1 aromatic rings. The van der Waals surface area contributed by atoms with Crippen LogP contribution in [0.2, 0.25) is 0 Å². The zero-order valence-corrected chi connectivity index (χ0v) is 8.40. The summed E-state index contributed by atoms with van der Waals surface area (Å²) in [4.78, 5) is 24.8. The molecule has 0 spiro atoms. The number of hydrogen-bond donors (Lipinski definition) is 2. The summed E-state index contributed by atoms with van der Waals surface area (Å²) in [6, 6.07) is 0. The van der Waals surface area contributed by atoms with Crippen molar-refractivity contribution < 1.29 is 4.79 Å². The van der Waals surface area contributed by atoms with Crippen LogP contribution in [-0.4, -0.2) is 28.7 Å². The van der Waals surface area contributed by atoms with Crippen LogP contribution < -0.4 is 16.4 Å². The second-order valence-electron chi connectivity index (χ2n) is 3.70. The molecule has 82 valence electrons. The summed E-state index contributed by atoms with van der Waals surface area (Å²) in [5, 5.41) is 1.93. The maximum absolute atomic E-state index is 11.5. The van der Waals surface area contributed by atoms with E-state index in [9.17, 15) is 9.59 Å². The summed E-state index contributed by atoms with van der Waals surface area (Å²) < 4.78 is 1.44. The topological polar surface area (TPSA) is 84.1 Å². The van der Waals surface area contributed by atoms with Crippen LogP contribution >= 0.6 is 0 Å². The monoisotopic (exact) mass is 210 g/mol. The Bertz CT molecular complexity index is 414. The largest absolute Gasteiger partial charge is 0.364 e. The molecule has 0 unspecified atom stereocenters. The Kier molecular flexibility index (Phi) is 2.49. The second kappa shape index (κ2) is 3.80. The van der Waals surface area contributed by atoms with Gasteiger partial charge >= 0.3 is 5.69 Å². The first-order chi connectivity index (χ1) is 7.18. The number of amides is 1. The molecule has 1 amide bonds. The minimum atomic E-state index is -0.608. The lowest BCUT2D eigenvalue weighted by Crippen LogP contribution is -2.43. The van der Waals surface area contributed by atoms with Crippen LogP contribution in [0, 0.1) is 0 Å². The number of carbonyl (C=O) groups is 1. The normalized spacial score (nSPS) is 16.7. The standard InChI is InChI=1S/C9H14N4O2/c10-8(14)7-6-13(9(15)11-7)12-4-2-1-3-5-12/h6H,1-5H2,(H2,10,14)(H,11,15). The molecule has 6 nitrogen and oxygen atoms in total. The average molecular weight is 210 g/mol. The van der Waals surface area contributed by atoms with Gasteiger partial charge in [0, 0.05) is 13.1 Å². The van der Waals surface area contributed by atoms with Crippen molar-refractivity contribution in [2.45, 2.75) is 19.3 Å². The van der Waals surface area contributed by atoms with Crippen molar-refractivity contribution in [3.8, 4) is 0 Å². The van der Waals surface area contributed by atoms with Crippen LogP contribution in [0.3, 0.4) is 0 Å². The number of nitrogens with zero attached hydrogens (tertiary/aromatic N) is 2. The smallest absolute Gasteiger partial charge is 0.344 e. The predicted octanol–water partition coefficient (Wildman–Crippen LogP) is -0.603. The van der Waals surface area contributed by atoms with Crippen LogP contribution in [0.25, 0.3) is 0 Å². The summed E-state index contributed by atoms with van der Waals surface area (Å²) in [6.45, 7) is 1.69. The molecule has 2 rings (SSSR count). The van der Waals surface area contributed by atoms with Gasteiger partial charge in [0.05, 0.1) is 6.20 Å². The number of piperidine rings is 1. The summed E-state index contributed by atoms with van der Waals surface area (Å²) in [5.74, 6) is -0.608. The lowest BCUT2D eigenvalue weighted by molar-refractivity contribution is 0.0996. The van der Waals surface area contributed by atoms with E-state index in [-0.39, 0.29) is 11.4 Å². The Balaban J connectivity index is 2.27. The van der Waals surface area contributed by atoms with Crippen molar-refractivity contribution in [2.75, 3.05) is 18.1 Å². The van der Waals surface area contributed by atoms with Gasteiger partial charge in [0.15, 0.2) is 0 Å². The number of nitrogens with one attached hydrogen (secondary N) is 1. The van der Waals surface area contributed by atoms with E-state index in [4.69, 9.17) is 5.73 Å². The first-order valence-electron chi connectivity index (χ1n) is 5.05. The Hall–Kier alpha value is -1.72. The molecule has 0 saturated carbocycles. The number of aromatic nitrogens is 2. The molecule has 2 heterocycles. The highest BCUT2D eigenvalue weighted by atomic mass is 16.2. The molecule has 6 heteroatoms. The zero-order valence-electron chi connectivity index (χ0n) is 8.40. The second-order valence-corrected chi connectivity index (χ2v) is 3.70. The van der Waals surface area contributed by atoms with E-state index in [0.29, 0.717) is 0 Å². The summed E-state index contributed by atoms with van der Waals surface area (Å²) in [6.07, 6.45) is 4.81. The molecule has 1 fully saturated rings. The predicted molar refractivity (Wildman–Crippen MR) is 55.4 cm³/mol. The molecule has 1 saturated heterocycles. The molecule has 3 N–H and O–H groups in total. The van der Waals surface area contributed by atoms with Crippen LogP contribution in [0.1, 0.15) is 29.8 Å². The Labute approximate surface area is 86.6 Å². The number of nitrogens with two attached hydrogens (primary N) is 1. The number of aromatic amines is 1. The highest BCUT2D eigenvalue weighted by Crippen LogP contribution is 2.06. The van der Waals surface area contributed by atoms with E-state index < -0.39 is 5.91 Å². The van der Waals surface area contributed by atoms with Gasteiger partial charge in [-0.2, -0.15) is 0 Å². The van der Waals surface area contributed by atoms with Gasteiger partial charge in [0.1, 0.15) is 5.69 Å². The van der Waals surface area contributed by atoms with Crippen LogP contribution in [-0.2, 0) is 0 Å². The molecule has 0 aliphatic carbocycles. The van der Waals surface area contributed by atoms with Crippen LogP contribution in [0.15, 0.2) is 11.0 Å². The van der Waals surface area contributed by atoms with Gasteiger partial charge in [-0.3, -0.25) is 9.78 Å². The molecular formula is C9H14N4O2. The van der Waals surface area contributed by atoms with Crippen molar-refractivity contribution in [3.63, 3.8) is 0 Å². The molecule has 0 radical (unpaired) electrons. The Morgan fingerprint density at radius 3 is 2.53 bits per heavy atom. The third-order valence-corrected chi connectivity index (χ3v) is 2.60. The number of primary amides is 1. The summed E-state index contributed by atoms with van der Waals surface area (Å²) >= 11 is 0. The molecule has 0 aromatic carbocycles. The first kappa shape index (κ1) is 9.82. The molecule has 0 bridgehead atoms. The molecule has 1 aliphatic heterocycles. The summed E-state index contributed by atoms with van der Waals surface area (Å²) in [5.41, 5.74) is 4.94. The average Bonchev–Trinajstić information content (AvgIpc) is 2.62. The maximum Gasteiger partial charge on any atom is 0.344 e. The van der Waals surface area contributed by atoms with Gasteiger partial charge in [-0.05, 0) is 19.3 Å². The van der Waals surface area contributed by atoms with Gasteiger partial charge < -0.3 is 10.7 Å². The molecule has 0 atom stereocenters. The van der Waals surface area contributed by atoms with Crippen molar-refractivity contribution in [3.05, 3.63) is 22.4 Å². The fourth-order valence-corrected chi connectivity index (χ4v) is 1.81. The van der Waals surface area contributed by atoms with Gasteiger partial charge in [0.25, 0.3) is 5.91 Å². The Morgan fingerprint density at radius 1 is 1.33 bits per heavy atom. The van der Waals surface area contributed by atoms with E-state index in [0.717, 1.165) is 25.9 Å². The highest BCUT2D eigenvalue weighted by Gasteiger charge is 2.15. The first-order valence-corrected chi connectivity index (χ1v) is 5.05. The van der Waals surface area contributed by atoms with Gasteiger partial charge in [-0.25, -0.2) is 9.47 Å². The number of imidazole rings is 1. The lowest BCUT2D eigenvalue weighted by atomic mass is 10.2. The maximum atomic E-state index is 11.5. The van der Waals surface area contributed by atoms with Gasteiger partial charge in [-0.1, -0.05) is 0 Å². The third kappa shape index (κ3) is 1.88. The van der Waals surface area contributed by atoms with E-state index in [1.807, 2.05) is 5.01 Å². The number of H-pyrrole nitrogens is 1. The van der Waals surface area contributed by atoms with E-state index >= 15 is 0 Å². The van der Waals surface area contributed by atoms with E-state index in [1.54, 1.807) is 0 Å². The fourth-order valence-electron chi connectivity index (χ4n) is 1.81. The molecular weight excluding hydrogens is 196 g/mol. The quantitative estimate of drug-likeness (QED) is 0.683. The molecule has 15 heavy (non-hydrogen) atoms. The van der Waals surface area contributed by atoms with Crippen LogP contribution in [0.4, 0.5) is 0 Å². The van der Waals surface area contributed by atoms with E-state index in [1.165, 1.54) is 17.3 Å². The lowest BCUT2D eigenvalue weighted by Gasteiger charge is -2.28. The SMILES string of the molecule is NC(=O)c1cn(N2CCCCC2)c(=O)[nH]1. The Morgan fingerprint density at radius 2 is 2.00 bits per heavy atom. The van der Waals surface area contributed by atoms with Crippen molar-refractivity contribution in [1.29, 1.82) is 0 Å². The minimum absolute atomic E-state index is 0.158. The van der Waals surface area contributed by atoms with Crippen molar-refractivity contribution >= 4 is 5.91 Å². The molecule has 1 aliphatic rings. The number of rotatable bonds is 2. The van der Waals surface area contributed by atoms with Gasteiger partial charge in [-0.15, -0.1) is 0 Å². The number of carbonyl (C=O) groups excluding carboxylic acids is 1. The fraction of sp³-hybridized carbons (Fsp3) is 0.556. The van der Waals surface area contributed by atoms with Crippen molar-refractivity contribution in [2.24, 2.45) is 5.73 Å². The third-order valence-electron chi connectivity index (χ3n) is 2.60.